The van der Waals surface area contributed by atoms with Crippen LogP contribution in [-0.2, 0) is 25.5 Å². The zero-order valence-electron chi connectivity index (χ0n) is 14.6. The zero-order valence-corrected chi connectivity index (χ0v) is 14.6. The van der Waals surface area contributed by atoms with Gasteiger partial charge in [-0.15, -0.1) is 0 Å². The molecule has 0 fully saturated rings. The van der Waals surface area contributed by atoms with Crippen molar-refractivity contribution in [1.82, 2.24) is 10.6 Å². The van der Waals surface area contributed by atoms with Gasteiger partial charge >= 0.3 is 5.97 Å². The maximum Gasteiger partial charge on any atom is 0.328 e. The summed E-state index contributed by atoms with van der Waals surface area (Å²) >= 11 is 0. The second kappa shape index (κ2) is 10.1. The first-order valence-corrected chi connectivity index (χ1v) is 7.86. The second-order valence-electron chi connectivity index (χ2n) is 5.59. The summed E-state index contributed by atoms with van der Waals surface area (Å²) in [4.78, 5) is 35.9. The minimum atomic E-state index is -0.854. The monoisotopic (exact) mass is 344 g/mol. The highest BCUT2D eigenvalue weighted by molar-refractivity contribution is 5.90. The first-order valence-electron chi connectivity index (χ1n) is 7.86. The van der Waals surface area contributed by atoms with Gasteiger partial charge in [-0.1, -0.05) is 55.1 Å². The van der Waals surface area contributed by atoms with Crippen molar-refractivity contribution in [2.45, 2.75) is 31.8 Å². The van der Waals surface area contributed by atoms with Crippen LogP contribution in [0, 0.1) is 0 Å². The average molecular weight is 344 g/mol. The van der Waals surface area contributed by atoms with Crippen molar-refractivity contribution >= 4 is 17.8 Å². The van der Waals surface area contributed by atoms with Gasteiger partial charge in [0.2, 0.25) is 11.8 Å². The molecule has 0 heterocycles. The second-order valence-corrected chi connectivity index (χ2v) is 5.59. The summed E-state index contributed by atoms with van der Waals surface area (Å²) in [5, 5.41) is 5.21. The van der Waals surface area contributed by atoms with Crippen LogP contribution in [0.2, 0.25) is 0 Å². The molecule has 1 aromatic carbocycles. The van der Waals surface area contributed by atoms with Crippen LogP contribution in [0.1, 0.15) is 18.9 Å². The molecule has 1 aromatic rings. The number of hydrogen-bond acceptors (Lipinski definition) is 4. The lowest BCUT2D eigenvalue weighted by molar-refractivity contribution is -0.145. The number of benzene rings is 1. The average Bonchev–Trinajstić information content (AvgIpc) is 2.60. The molecule has 0 saturated carbocycles. The van der Waals surface area contributed by atoms with E-state index >= 15 is 0 Å². The van der Waals surface area contributed by atoms with Crippen LogP contribution in [0.15, 0.2) is 55.1 Å². The number of methoxy groups -OCH3 is 1. The Balaban J connectivity index is 2.89. The van der Waals surface area contributed by atoms with E-state index in [1.165, 1.54) is 20.1 Å². The van der Waals surface area contributed by atoms with E-state index in [0.717, 1.165) is 5.56 Å². The molecule has 0 saturated heterocycles. The Morgan fingerprint density at radius 1 is 1.16 bits per heavy atom. The minimum Gasteiger partial charge on any atom is -0.467 e. The van der Waals surface area contributed by atoms with E-state index in [1.807, 2.05) is 30.3 Å². The summed E-state index contributed by atoms with van der Waals surface area (Å²) in [5.74, 6) is -1.39. The number of ether oxygens (including phenoxy) is 1. The topological polar surface area (TPSA) is 84.5 Å². The summed E-state index contributed by atoms with van der Waals surface area (Å²) in [6, 6.07) is 7.57. The lowest BCUT2D eigenvalue weighted by atomic mass is 10.0. The van der Waals surface area contributed by atoms with Crippen molar-refractivity contribution in [3.8, 4) is 0 Å². The van der Waals surface area contributed by atoms with Crippen LogP contribution in [0.25, 0.3) is 0 Å². The fourth-order valence-corrected chi connectivity index (χ4v) is 2.26. The smallest absolute Gasteiger partial charge is 0.328 e. The van der Waals surface area contributed by atoms with E-state index in [0.29, 0.717) is 5.57 Å². The Kier molecular flexibility index (Phi) is 8.12. The molecule has 2 N–H and O–H groups in total. The predicted octanol–water partition coefficient (Wildman–Crippen LogP) is 1.52. The van der Waals surface area contributed by atoms with Gasteiger partial charge in [0.25, 0.3) is 0 Å². The van der Waals surface area contributed by atoms with Crippen molar-refractivity contribution in [3.63, 3.8) is 0 Å². The summed E-state index contributed by atoms with van der Waals surface area (Å²) < 4.78 is 4.77. The summed E-state index contributed by atoms with van der Waals surface area (Å²) in [5.41, 5.74) is 1.48. The summed E-state index contributed by atoms with van der Waals surface area (Å²) in [6.45, 7) is 8.67. The lowest BCUT2D eigenvalue weighted by Gasteiger charge is -2.22. The molecule has 0 aliphatic carbocycles. The van der Waals surface area contributed by atoms with Gasteiger partial charge in [-0.2, -0.15) is 0 Å². The minimum absolute atomic E-state index is 0.203. The fourth-order valence-electron chi connectivity index (χ4n) is 2.26. The van der Waals surface area contributed by atoms with E-state index < -0.39 is 24.0 Å². The van der Waals surface area contributed by atoms with E-state index in [1.54, 1.807) is 0 Å². The maximum atomic E-state index is 12.5. The molecule has 2 atom stereocenters. The van der Waals surface area contributed by atoms with Crippen LogP contribution in [0.3, 0.4) is 0 Å². The summed E-state index contributed by atoms with van der Waals surface area (Å²) in [7, 11) is 1.26. The molecule has 0 aromatic heterocycles. The third kappa shape index (κ3) is 7.03. The predicted molar refractivity (Wildman–Crippen MR) is 95.7 cm³/mol. The molecule has 2 amide bonds. The van der Waals surface area contributed by atoms with Gasteiger partial charge in [0.15, 0.2) is 0 Å². The highest BCUT2D eigenvalue weighted by atomic mass is 16.5. The van der Waals surface area contributed by atoms with Crippen molar-refractivity contribution in [3.05, 3.63) is 60.7 Å². The normalized spacial score (nSPS) is 12.4. The molecule has 25 heavy (non-hydrogen) atoms. The number of amides is 2. The first-order chi connectivity index (χ1) is 11.9. The fraction of sp³-hybridized carbons (Fsp3) is 0.316. The van der Waals surface area contributed by atoms with Crippen molar-refractivity contribution in [2.24, 2.45) is 0 Å². The Hall–Kier alpha value is -2.89. The van der Waals surface area contributed by atoms with Crippen molar-refractivity contribution < 1.29 is 19.1 Å². The van der Waals surface area contributed by atoms with Crippen LogP contribution in [-0.4, -0.2) is 37.0 Å². The van der Waals surface area contributed by atoms with Crippen LogP contribution in [0.5, 0.6) is 0 Å². The molecular weight excluding hydrogens is 320 g/mol. The molecule has 134 valence electrons. The van der Waals surface area contributed by atoms with Crippen LogP contribution < -0.4 is 10.6 Å². The molecule has 6 heteroatoms. The van der Waals surface area contributed by atoms with Gasteiger partial charge < -0.3 is 15.4 Å². The van der Waals surface area contributed by atoms with Crippen molar-refractivity contribution in [1.29, 1.82) is 0 Å². The largest absolute Gasteiger partial charge is 0.467 e. The van der Waals surface area contributed by atoms with E-state index in [-0.39, 0.29) is 18.7 Å². The Morgan fingerprint density at radius 3 is 2.32 bits per heavy atom. The van der Waals surface area contributed by atoms with Gasteiger partial charge in [-0.3, -0.25) is 9.59 Å². The lowest BCUT2D eigenvalue weighted by Crippen LogP contribution is -2.52. The van der Waals surface area contributed by atoms with Gasteiger partial charge in [-0.25, -0.2) is 4.79 Å². The summed E-state index contributed by atoms with van der Waals surface area (Å²) in [6.07, 6.45) is 2.01. The third-order valence-electron chi connectivity index (χ3n) is 3.53. The highest BCUT2D eigenvalue weighted by Crippen LogP contribution is 2.08. The number of carbonyl (C=O) groups excluding carboxylic acids is 3. The molecule has 0 spiro atoms. The number of nitrogens with one attached hydrogen (secondary N) is 2. The standard InChI is InChI=1S/C19H24N2O4/c1-5-13(2)11-16(20-14(3)22)18(23)21-17(19(24)25-4)12-15-9-7-6-8-10-15/h5-10,16-17H,1-2,11-12H2,3-4H3,(H,20,22)(H,21,23)/t16-,17+/m1/s1. The van der Waals surface area contributed by atoms with Gasteiger partial charge in [-0.05, 0) is 5.56 Å². The van der Waals surface area contributed by atoms with Gasteiger partial charge in [0.05, 0.1) is 7.11 Å². The highest BCUT2D eigenvalue weighted by Gasteiger charge is 2.27. The molecule has 1 rings (SSSR count). The van der Waals surface area contributed by atoms with Crippen LogP contribution in [0.4, 0.5) is 0 Å². The zero-order chi connectivity index (χ0) is 18.8. The third-order valence-corrected chi connectivity index (χ3v) is 3.53. The molecule has 0 aliphatic heterocycles. The number of carbonyl (C=O) groups is 3. The molecule has 0 aliphatic rings. The quantitative estimate of drug-likeness (QED) is 0.525. The molecule has 0 bridgehead atoms. The van der Waals surface area contributed by atoms with Crippen LogP contribution >= 0.6 is 0 Å². The van der Waals surface area contributed by atoms with E-state index in [9.17, 15) is 14.4 Å². The Labute approximate surface area is 147 Å². The molecule has 0 unspecified atom stereocenters. The number of esters is 1. The molecular formula is C19H24N2O4. The SMILES string of the molecule is C=CC(=C)C[C@@H](NC(C)=O)C(=O)N[C@@H](Cc1ccccc1)C(=O)OC. The van der Waals surface area contributed by atoms with Crippen molar-refractivity contribution in [2.75, 3.05) is 7.11 Å². The number of allylic oxidation sites excluding steroid dienone is 1. The molecule has 0 radical (unpaired) electrons. The van der Waals surface area contributed by atoms with E-state index in [2.05, 4.69) is 23.8 Å². The Bertz CT molecular complexity index is 640. The molecule has 6 nitrogen and oxygen atoms in total. The van der Waals surface area contributed by atoms with Gasteiger partial charge in [0, 0.05) is 19.8 Å². The van der Waals surface area contributed by atoms with Gasteiger partial charge in [0.1, 0.15) is 12.1 Å². The van der Waals surface area contributed by atoms with E-state index in [4.69, 9.17) is 4.74 Å². The Morgan fingerprint density at radius 2 is 1.80 bits per heavy atom. The number of hydrogen-bond donors (Lipinski definition) is 2. The maximum absolute atomic E-state index is 12.5. The number of rotatable bonds is 9. The first kappa shape index (κ1) is 20.2.